The van der Waals surface area contributed by atoms with Gasteiger partial charge in [0.25, 0.3) is 5.69 Å². The van der Waals surface area contributed by atoms with Gasteiger partial charge in [0.1, 0.15) is 11.5 Å². The van der Waals surface area contributed by atoms with Crippen LogP contribution in [0.3, 0.4) is 0 Å². The van der Waals surface area contributed by atoms with Crippen molar-refractivity contribution in [2.45, 2.75) is 17.9 Å². The Bertz CT molecular complexity index is 1260. The summed E-state index contributed by atoms with van der Waals surface area (Å²) in [6, 6.07) is 33.1. The number of carbonyl (C=O) groups excluding carboxylic acids is 2. The van der Waals surface area contributed by atoms with Gasteiger partial charge in [0.05, 0.1) is 12.0 Å². The zero-order valence-electron chi connectivity index (χ0n) is 20.2. The minimum absolute atomic E-state index is 0.0568. The van der Waals surface area contributed by atoms with E-state index in [1.165, 1.54) is 19.2 Å². The smallest absolute Gasteiger partial charge is 0.328 e. The molecular formula is C30H26N2O5. The number of nitro benzene ring substituents is 1. The van der Waals surface area contributed by atoms with Gasteiger partial charge < -0.3 is 10.1 Å². The van der Waals surface area contributed by atoms with Crippen molar-refractivity contribution in [2.75, 3.05) is 7.11 Å². The first-order chi connectivity index (χ1) is 18.0. The molecule has 0 fully saturated rings. The Labute approximate surface area is 214 Å². The third-order valence-electron chi connectivity index (χ3n) is 6.34. The number of hydrogen-bond donors (Lipinski definition) is 1. The van der Waals surface area contributed by atoms with Crippen molar-refractivity contribution in [3.05, 3.63) is 148 Å². The fourth-order valence-electron chi connectivity index (χ4n) is 4.55. The summed E-state index contributed by atoms with van der Waals surface area (Å²) in [6.45, 7) is 0. The predicted octanol–water partition coefficient (Wildman–Crippen LogP) is 4.83. The van der Waals surface area contributed by atoms with Gasteiger partial charge in [-0.1, -0.05) is 103 Å². The van der Waals surface area contributed by atoms with Crippen LogP contribution in [0.15, 0.2) is 115 Å². The van der Waals surface area contributed by atoms with Gasteiger partial charge in [0, 0.05) is 18.6 Å². The molecule has 0 aliphatic heterocycles. The van der Waals surface area contributed by atoms with E-state index in [2.05, 4.69) is 5.32 Å². The van der Waals surface area contributed by atoms with Gasteiger partial charge in [0.15, 0.2) is 0 Å². The Balaban J connectivity index is 1.80. The summed E-state index contributed by atoms with van der Waals surface area (Å²) in [5.74, 6) is -1.01. The number of methoxy groups -OCH3 is 1. The van der Waals surface area contributed by atoms with Crippen molar-refractivity contribution in [3.8, 4) is 0 Å². The van der Waals surface area contributed by atoms with Gasteiger partial charge >= 0.3 is 5.97 Å². The van der Waals surface area contributed by atoms with E-state index < -0.39 is 28.3 Å². The number of amides is 1. The molecule has 37 heavy (non-hydrogen) atoms. The molecule has 1 N–H and O–H groups in total. The van der Waals surface area contributed by atoms with E-state index in [0.29, 0.717) is 5.56 Å². The Morgan fingerprint density at radius 3 is 1.59 bits per heavy atom. The van der Waals surface area contributed by atoms with Crippen LogP contribution in [-0.2, 0) is 26.2 Å². The van der Waals surface area contributed by atoms with E-state index in [0.717, 1.165) is 16.7 Å². The van der Waals surface area contributed by atoms with Crippen LogP contribution in [0.25, 0.3) is 0 Å². The van der Waals surface area contributed by atoms with E-state index in [1.54, 1.807) is 12.1 Å². The number of carbonyl (C=O) groups is 2. The van der Waals surface area contributed by atoms with Crippen LogP contribution in [0.1, 0.15) is 22.3 Å². The molecule has 0 bridgehead atoms. The number of esters is 1. The van der Waals surface area contributed by atoms with E-state index in [1.807, 2.05) is 91.0 Å². The molecular weight excluding hydrogens is 468 g/mol. The summed E-state index contributed by atoms with van der Waals surface area (Å²) in [5.41, 5.74) is 1.55. The molecule has 0 saturated heterocycles. The van der Waals surface area contributed by atoms with Gasteiger partial charge in [-0.2, -0.15) is 0 Å². The maximum Gasteiger partial charge on any atom is 0.328 e. The van der Waals surface area contributed by atoms with Crippen LogP contribution in [0.5, 0.6) is 0 Å². The zero-order chi connectivity index (χ0) is 26.3. The molecule has 0 spiro atoms. The average molecular weight is 495 g/mol. The molecule has 1 amide bonds. The maximum absolute atomic E-state index is 14.4. The molecule has 186 valence electrons. The Morgan fingerprint density at radius 2 is 1.22 bits per heavy atom. The number of nitro groups is 1. The molecule has 0 radical (unpaired) electrons. The number of non-ortho nitro benzene ring substituents is 1. The third-order valence-corrected chi connectivity index (χ3v) is 6.34. The normalized spacial score (nSPS) is 11.8. The molecule has 0 saturated carbocycles. The van der Waals surface area contributed by atoms with Crippen LogP contribution < -0.4 is 5.32 Å². The maximum atomic E-state index is 14.4. The number of hydrogen-bond acceptors (Lipinski definition) is 5. The number of nitrogens with zero attached hydrogens (tertiary/aromatic N) is 1. The average Bonchev–Trinajstić information content (AvgIpc) is 2.95. The molecule has 0 aliphatic rings. The van der Waals surface area contributed by atoms with E-state index in [-0.39, 0.29) is 12.1 Å². The van der Waals surface area contributed by atoms with Crippen LogP contribution in [-0.4, -0.2) is 30.0 Å². The molecule has 7 nitrogen and oxygen atoms in total. The highest BCUT2D eigenvalue weighted by Gasteiger charge is 2.45. The highest BCUT2D eigenvalue weighted by atomic mass is 16.6. The first-order valence-electron chi connectivity index (χ1n) is 11.8. The van der Waals surface area contributed by atoms with Gasteiger partial charge in [-0.05, 0) is 22.3 Å². The van der Waals surface area contributed by atoms with Crippen molar-refractivity contribution >= 4 is 17.6 Å². The molecule has 7 heteroatoms. The fraction of sp³-hybridized carbons (Fsp3) is 0.133. The lowest BCUT2D eigenvalue weighted by atomic mass is 9.68. The highest BCUT2D eigenvalue weighted by Crippen LogP contribution is 2.39. The Kier molecular flexibility index (Phi) is 7.74. The molecule has 0 heterocycles. The number of benzene rings is 4. The van der Waals surface area contributed by atoms with Crippen LogP contribution in [0, 0.1) is 10.1 Å². The largest absolute Gasteiger partial charge is 0.467 e. The highest BCUT2D eigenvalue weighted by molar-refractivity contribution is 5.98. The molecule has 0 aromatic heterocycles. The van der Waals surface area contributed by atoms with E-state index in [4.69, 9.17) is 4.74 Å². The fourth-order valence-corrected chi connectivity index (χ4v) is 4.55. The van der Waals surface area contributed by atoms with Crippen molar-refractivity contribution in [2.24, 2.45) is 0 Å². The second-order valence-corrected chi connectivity index (χ2v) is 8.52. The predicted molar refractivity (Wildman–Crippen MR) is 140 cm³/mol. The van der Waals surface area contributed by atoms with Crippen molar-refractivity contribution in [3.63, 3.8) is 0 Å². The molecule has 4 aromatic rings. The van der Waals surface area contributed by atoms with E-state index in [9.17, 15) is 19.7 Å². The lowest BCUT2D eigenvalue weighted by Crippen LogP contribution is -2.52. The molecule has 0 unspecified atom stereocenters. The summed E-state index contributed by atoms with van der Waals surface area (Å²) in [6.07, 6.45) is 0.102. The summed E-state index contributed by atoms with van der Waals surface area (Å²) < 4.78 is 5.02. The van der Waals surface area contributed by atoms with Gasteiger partial charge in [-0.15, -0.1) is 0 Å². The van der Waals surface area contributed by atoms with Crippen molar-refractivity contribution in [1.82, 2.24) is 5.32 Å². The van der Waals surface area contributed by atoms with Crippen molar-refractivity contribution in [1.29, 1.82) is 0 Å². The topological polar surface area (TPSA) is 98.5 Å². The monoisotopic (exact) mass is 494 g/mol. The SMILES string of the molecule is COC(=O)[C@@H](Cc1ccc([N+](=O)[O-])cc1)NC(=O)C(c1ccccc1)(c1ccccc1)c1ccccc1. The van der Waals surface area contributed by atoms with E-state index >= 15 is 0 Å². The molecule has 4 aromatic carbocycles. The number of ether oxygens (including phenoxy) is 1. The first-order valence-corrected chi connectivity index (χ1v) is 11.8. The van der Waals surface area contributed by atoms with Gasteiger partial charge in [-0.25, -0.2) is 4.79 Å². The van der Waals surface area contributed by atoms with Gasteiger partial charge in [0.2, 0.25) is 5.91 Å². The summed E-state index contributed by atoms with van der Waals surface area (Å²) in [7, 11) is 1.26. The van der Waals surface area contributed by atoms with Gasteiger partial charge in [-0.3, -0.25) is 14.9 Å². The first kappa shape index (κ1) is 25.3. The summed E-state index contributed by atoms with van der Waals surface area (Å²) in [5, 5.41) is 14.0. The van der Waals surface area contributed by atoms with Crippen molar-refractivity contribution < 1.29 is 19.2 Å². The third kappa shape index (κ3) is 5.26. The molecule has 4 rings (SSSR count). The Morgan fingerprint density at radius 1 is 0.784 bits per heavy atom. The Hall–Kier alpha value is -4.78. The minimum atomic E-state index is -1.26. The minimum Gasteiger partial charge on any atom is -0.467 e. The summed E-state index contributed by atoms with van der Waals surface area (Å²) >= 11 is 0. The lowest BCUT2D eigenvalue weighted by molar-refractivity contribution is -0.384. The quantitative estimate of drug-likeness (QED) is 0.156. The second kappa shape index (κ2) is 11.3. The second-order valence-electron chi connectivity index (χ2n) is 8.52. The number of nitrogens with one attached hydrogen (secondary N) is 1. The zero-order valence-corrected chi connectivity index (χ0v) is 20.2. The lowest BCUT2D eigenvalue weighted by Gasteiger charge is -2.35. The number of rotatable bonds is 9. The molecule has 1 atom stereocenters. The molecule has 0 aliphatic carbocycles. The summed E-state index contributed by atoms with van der Waals surface area (Å²) in [4.78, 5) is 37.8. The van der Waals surface area contributed by atoms with Crippen LogP contribution in [0.4, 0.5) is 5.69 Å². The van der Waals surface area contributed by atoms with Crippen LogP contribution in [0.2, 0.25) is 0 Å². The standard InChI is InChI=1S/C30H26N2O5/c1-37-28(33)27(21-22-17-19-26(20-18-22)32(35)36)31-29(34)30(23-11-5-2-6-12-23,24-13-7-3-8-14-24)25-15-9-4-10-16-25/h2-20,27H,21H2,1H3,(H,31,34)/t27-/m1/s1. The van der Waals surface area contributed by atoms with Crippen LogP contribution >= 0.6 is 0 Å².